The smallest absolute Gasteiger partial charge is 0.0670 e. The Bertz CT molecular complexity index is 340. The van der Waals surface area contributed by atoms with Crippen LogP contribution >= 0.6 is 0 Å². The maximum atomic E-state index is 12.2. The van der Waals surface area contributed by atoms with Gasteiger partial charge in [-0.05, 0) is 32.1 Å². The minimum atomic E-state index is -0.658. The lowest BCUT2D eigenvalue weighted by atomic mass is 9.82. The van der Waals surface area contributed by atoms with Crippen molar-refractivity contribution in [2.45, 2.75) is 126 Å². The van der Waals surface area contributed by atoms with Gasteiger partial charge in [0, 0.05) is 21.3 Å². The molecule has 0 saturated carbocycles. The Labute approximate surface area is 146 Å². The molecule has 0 aromatic rings. The molecule has 2 rings (SSSR count). The van der Waals surface area contributed by atoms with Crippen molar-refractivity contribution in [1.29, 1.82) is 0 Å². The van der Waals surface area contributed by atoms with Gasteiger partial charge in [0.2, 0.25) is 0 Å². The fourth-order valence-electron chi connectivity index (χ4n) is 4.52. The van der Waals surface area contributed by atoms with Crippen LogP contribution in [0.1, 0.15) is 110 Å². The highest BCUT2D eigenvalue weighted by Crippen LogP contribution is 2.41. The van der Waals surface area contributed by atoms with E-state index >= 15 is 0 Å². The van der Waals surface area contributed by atoms with Crippen molar-refractivity contribution in [3.8, 4) is 0 Å². The van der Waals surface area contributed by atoms with Crippen molar-refractivity contribution < 1.29 is 9.32 Å². The predicted octanol–water partition coefficient (Wildman–Crippen LogP) is 5.49. The fourth-order valence-corrected chi connectivity index (χ4v) is 6.81. The van der Waals surface area contributed by atoms with Crippen LogP contribution in [0.2, 0.25) is 0 Å². The summed E-state index contributed by atoms with van der Waals surface area (Å²) in [5.74, 6) is 0. The van der Waals surface area contributed by atoms with E-state index in [2.05, 4.69) is 6.92 Å². The largest absolute Gasteiger partial charge is 0.390 e. The summed E-state index contributed by atoms with van der Waals surface area (Å²) >= 11 is 0. The normalized spacial score (nSPS) is 33.7. The molecule has 2 saturated heterocycles. The first-order valence-corrected chi connectivity index (χ1v) is 11.5. The molecule has 0 aromatic carbocycles. The first kappa shape index (κ1) is 19.4. The molecule has 23 heavy (non-hydrogen) atoms. The van der Waals surface area contributed by atoms with Crippen LogP contribution in [0, 0.1) is 0 Å². The number of unbranched alkanes of at least 4 members (excludes halogenated alkanes) is 9. The van der Waals surface area contributed by atoms with E-state index in [-0.39, 0.29) is 10.5 Å². The topological polar surface area (TPSA) is 37.3 Å². The quantitative estimate of drug-likeness (QED) is 0.504. The van der Waals surface area contributed by atoms with Gasteiger partial charge < -0.3 is 5.11 Å². The van der Waals surface area contributed by atoms with Crippen LogP contribution in [0.5, 0.6) is 0 Å². The Kier molecular flexibility index (Phi) is 8.60. The molecule has 2 aliphatic heterocycles. The van der Waals surface area contributed by atoms with Crippen LogP contribution < -0.4 is 0 Å². The second-order valence-corrected chi connectivity index (χ2v) is 10.1. The fraction of sp³-hybridized carbons (Fsp3) is 1.00. The van der Waals surface area contributed by atoms with Crippen LogP contribution in [-0.2, 0) is 10.8 Å². The molecule has 2 heterocycles. The van der Waals surface area contributed by atoms with Crippen LogP contribution in [0.4, 0.5) is 0 Å². The van der Waals surface area contributed by atoms with E-state index < -0.39 is 16.4 Å². The van der Waals surface area contributed by atoms with Gasteiger partial charge in [-0.3, -0.25) is 4.21 Å². The summed E-state index contributed by atoms with van der Waals surface area (Å²) < 4.78 is 12.2. The molecular formula is C20H38O2S. The lowest BCUT2D eigenvalue weighted by molar-refractivity contribution is 0.000871. The molecule has 2 nitrogen and oxygen atoms in total. The molecule has 1 N–H and O–H groups in total. The summed E-state index contributed by atoms with van der Waals surface area (Å²) in [7, 11) is -0.658. The van der Waals surface area contributed by atoms with E-state index in [9.17, 15) is 9.32 Å². The molecule has 0 spiro atoms. The van der Waals surface area contributed by atoms with Gasteiger partial charge in [-0.25, -0.2) is 0 Å². The second-order valence-electron chi connectivity index (χ2n) is 8.07. The summed E-state index contributed by atoms with van der Waals surface area (Å²) in [6, 6.07) is 0. The van der Waals surface area contributed by atoms with Crippen molar-refractivity contribution in [3.63, 3.8) is 0 Å². The van der Waals surface area contributed by atoms with Gasteiger partial charge in [0.25, 0.3) is 0 Å². The zero-order chi connectivity index (χ0) is 16.5. The van der Waals surface area contributed by atoms with Gasteiger partial charge in [0.1, 0.15) is 0 Å². The maximum Gasteiger partial charge on any atom is 0.0670 e. The summed E-state index contributed by atoms with van der Waals surface area (Å²) in [6.45, 7) is 2.27. The molecule has 136 valence electrons. The standard InChI is InChI=1S/C20H38O2S/c1-2-3-4-5-6-7-8-9-10-11-15-20(21)16-18-13-12-14-19(17-20)23(18)22/h18-19,21H,2-17H2,1H3. The molecule has 2 bridgehead atoms. The monoisotopic (exact) mass is 342 g/mol. The van der Waals surface area contributed by atoms with E-state index in [0.717, 1.165) is 38.5 Å². The maximum absolute atomic E-state index is 12.2. The first-order chi connectivity index (χ1) is 11.1. The molecular weight excluding hydrogens is 304 g/mol. The summed E-state index contributed by atoms with van der Waals surface area (Å²) in [5.41, 5.74) is -0.496. The lowest BCUT2D eigenvalue weighted by Crippen LogP contribution is -2.48. The predicted molar refractivity (Wildman–Crippen MR) is 100 cm³/mol. The van der Waals surface area contributed by atoms with Crippen LogP contribution in [0.3, 0.4) is 0 Å². The Balaban J connectivity index is 1.52. The van der Waals surface area contributed by atoms with E-state index in [0.29, 0.717) is 0 Å². The number of hydrogen-bond donors (Lipinski definition) is 1. The molecule has 3 heteroatoms. The zero-order valence-corrected chi connectivity index (χ0v) is 16.0. The van der Waals surface area contributed by atoms with Crippen LogP contribution in [-0.4, -0.2) is 25.4 Å². The van der Waals surface area contributed by atoms with E-state index in [1.165, 1.54) is 64.2 Å². The van der Waals surface area contributed by atoms with E-state index in [1.54, 1.807) is 0 Å². The molecule has 2 unspecified atom stereocenters. The van der Waals surface area contributed by atoms with E-state index in [1.807, 2.05) is 0 Å². The van der Waals surface area contributed by atoms with Gasteiger partial charge in [-0.2, -0.15) is 0 Å². The zero-order valence-electron chi connectivity index (χ0n) is 15.2. The van der Waals surface area contributed by atoms with Crippen molar-refractivity contribution in [2.75, 3.05) is 0 Å². The first-order valence-electron chi connectivity index (χ1n) is 10.3. The Morgan fingerprint density at radius 2 is 1.35 bits per heavy atom. The lowest BCUT2D eigenvalue weighted by Gasteiger charge is -2.43. The van der Waals surface area contributed by atoms with Crippen LogP contribution in [0.15, 0.2) is 0 Å². The molecule has 0 amide bonds. The van der Waals surface area contributed by atoms with Gasteiger partial charge in [0.05, 0.1) is 5.60 Å². The Morgan fingerprint density at radius 1 is 0.870 bits per heavy atom. The van der Waals surface area contributed by atoms with Gasteiger partial charge in [-0.15, -0.1) is 0 Å². The summed E-state index contributed by atoms with van der Waals surface area (Å²) in [5, 5.41) is 11.5. The van der Waals surface area contributed by atoms with Crippen LogP contribution in [0.25, 0.3) is 0 Å². The SMILES string of the molecule is CCCCCCCCCCCCC1(O)CC2CCCC(C1)S2=O. The number of fused-ring (bicyclic) bond motifs is 2. The molecule has 2 fully saturated rings. The Morgan fingerprint density at radius 3 is 1.87 bits per heavy atom. The minimum Gasteiger partial charge on any atom is -0.390 e. The summed E-state index contributed by atoms with van der Waals surface area (Å²) in [6.07, 6.45) is 19.3. The number of rotatable bonds is 11. The Hall–Kier alpha value is 0.110. The molecule has 2 atom stereocenters. The molecule has 0 aromatic heterocycles. The van der Waals surface area contributed by atoms with Crippen molar-refractivity contribution in [1.82, 2.24) is 0 Å². The van der Waals surface area contributed by atoms with Gasteiger partial charge in [-0.1, -0.05) is 77.6 Å². The second kappa shape index (κ2) is 10.2. The average Bonchev–Trinajstić information content (AvgIpc) is 2.51. The van der Waals surface area contributed by atoms with Gasteiger partial charge >= 0.3 is 0 Å². The van der Waals surface area contributed by atoms with Crippen molar-refractivity contribution in [2.24, 2.45) is 0 Å². The third kappa shape index (κ3) is 6.49. The van der Waals surface area contributed by atoms with E-state index in [4.69, 9.17) is 0 Å². The number of hydrogen-bond acceptors (Lipinski definition) is 2. The third-order valence-corrected chi connectivity index (χ3v) is 8.04. The van der Waals surface area contributed by atoms with Crippen molar-refractivity contribution >= 4 is 10.8 Å². The minimum absolute atomic E-state index is 0.288. The van der Waals surface area contributed by atoms with Gasteiger partial charge in [0.15, 0.2) is 0 Å². The van der Waals surface area contributed by atoms with Crippen molar-refractivity contribution in [3.05, 3.63) is 0 Å². The highest BCUT2D eigenvalue weighted by Gasteiger charge is 2.44. The molecule has 0 aliphatic carbocycles. The average molecular weight is 343 g/mol. The molecule has 2 aliphatic rings. The number of aliphatic hydroxyl groups is 1. The highest BCUT2D eigenvalue weighted by molar-refractivity contribution is 7.86. The third-order valence-electron chi connectivity index (χ3n) is 5.92. The molecule has 0 radical (unpaired) electrons. The summed E-state index contributed by atoms with van der Waals surface area (Å²) in [4.78, 5) is 0. The highest BCUT2D eigenvalue weighted by atomic mass is 32.2.